The van der Waals surface area contributed by atoms with Crippen molar-refractivity contribution in [3.63, 3.8) is 0 Å². The topological polar surface area (TPSA) is 79.5 Å². The van der Waals surface area contributed by atoms with E-state index in [1.165, 1.54) is 12.3 Å². The van der Waals surface area contributed by atoms with Crippen LogP contribution in [0.15, 0.2) is 41.5 Å². The van der Waals surface area contributed by atoms with Crippen LogP contribution in [-0.4, -0.2) is 23.0 Å². The van der Waals surface area contributed by atoms with Gasteiger partial charge in [0.2, 0.25) is 5.91 Å². The number of rotatable bonds is 6. The van der Waals surface area contributed by atoms with Crippen molar-refractivity contribution < 1.29 is 19.1 Å². The fourth-order valence-electron chi connectivity index (χ4n) is 2.13. The van der Waals surface area contributed by atoms with Crippen molar-refractivity contribution in [1.82, 2.24) is 5.32 Å². The van der Waals surface area contributed by atoms with Crippen LogP contribution >= 0.6 is 0 Å². The number of furan rings is 1. The first kappa shape index (κ1) is 14.8. The molecule has 1 amide bonds. The van der Waals surface area contributed by atoms with Gasteiger partial charge in [-0.15, -0.1) is 6.58 Å². The number of aliphatic carboxylic acids is 1. The van der Waals surface area contributed by atoms with Crippen LogP contribution < -0.4 is 5.32 Å². The molecule has 0 bridgehead atoms. The van der Waals surface area contributed by atoms with Gasteiger partial charge in [-0.2, -0.15) is 0 Å². The Hall–Kier alpha value is -2.56. The van der Waals surface area contributed by atoms with Crippen molar-refractivity contribution >= 4 is 22.8 Å². The smallest absolute Gasteiger partial charge is 0.326 e. The maximum absolute atomic E-state index is 12.0. The first-order valence-electron chi connectivity index (χ1n) is 6.61. The molecule has 2 rings (SSSR count). The molecule has 5 nitrogen and oxygen atoms in total. The molecule has 1 aromatic carbocycles. The number of nitrogens with one attached hydrogen (secondary N) is 1. The lowest BCUT2D eigenvalue weighted by molar-refractivity contribution is -0.141. The Balaban J connectivity index is 2.10. The number of hydrogen-bond acceptors (Lipinski definition) is 3. The summed E-state index contributed by atoms with van der Waals surface area (Å²) in [6, 6.07) is 4.79. The fraction of sp³-hybridized carbons (Fsp3) is 0.250. The fourth-order valence-corrected chi connectivity index (χ4v) is 2.13. The summed E-state index contributed by atoms with van der Waals surface area (Å²) in [7, 11) is 0. The average molecular weight is 287 g/mol. The molecule has 0 radical (unpaired) electrons. The predicted molar refractivity (Wildman–Crippen MR) is 79.0 cm³/mol. The van der Waals surface area contributed by atoms with Gasteiger partial charge in [0.25, 0.3) is 0 Å². The second-order valence-corrected chi connectivity index (χ2v) is 4.92. The molecule has 21 heavy (non-hydrogen) atoms. The van der Waals surface area contributed by atoms with E-state index < -0.39 is 12.0 Å². The first-order valence-corrected chi connectivity index (χ1v) is 6.61. The Morgan fingerprint density at radius 2 is 2.24 bits per heavy atom. The van der Waals surface area contributed by atoms with Crippen LogP contribution in [0.4, 0.5) is 0 Å². The number of hydrogen-bond donors (Lipinski definition) is 2. The van der Waals surface area contributed by atoms with Gasteiger partial charge in [0.05, 0.1) is 12.7 Å². The van der Waals surface area contributed by atoms with Crippen molar-refractivity contribution in [2.75, 3.05) is 0 Å². The number of carboxylic acid groups (broad SMARTS) is 1. The van der Waals surface area contributed by atoms with Gasteiger partial charge >= 0.3 is 5.97 Å². The molecular weight excluding hydrogens is 270 g/mol. The van der Waals surface area contributed by atoms with Crippen molar-refractivity contribution in [1.29, 1.82) is 0 Å². The second kappa shape index (κ2) is 6.26. The SMILES string of the molecule is C=CCC(NC(=O)Cc1coc2cc(C)ccc12)C(=O)O. The molecule has 110 valence electrons. The summed E-state index contributed by atoms with van der Waals surface area (Å²) in [6.45, 7) is 5.44. The molecule has 0 saturated heterocycles. The summed E-state index contributed by atoms with van der Waals surface area (Å²) in [5.41, 5.74) is 2.54. The summed E-state index contributed by atoms with van der Waals surface area (Å²) in [6.07, 6.45) is 3.27. The summed E-state index contributed by atoms with van der Waals surface area (Å²) in [5.74, 6) is -1.43. The number of benzene rings is 1. The van der Waals surface area contributed by atoms with E-state index in [2.05, 4.69) is 11.9 Å². The molecule has 0 saturated carbocycles. The van der Waals surface area contributed by atoms with Gasteiger partial charge in [0.1, 0.15) is 11.6 Å². The van der Waals surface area contributed by atoms with E-state index >= 15 is 0 Å². The second-order valence-electron chi connectivity index (χ2n) is 4.92. The highest BCUT2D eigenvalue weighted by Crippen LogP contribution is 2.22. The zero-order valence-corrected chi connectivity index (χ0v) is 11.8. The molecule has 2 N–H and O–H groups in total. The van der Waals surface area contributed by atoms with Crippen LogP contribution in [0.2, 0.25) is 0 Å². The van der Waals surface area contributed by atoms with E-state index in [1.54, 1.807) is 0 Å². The number of carbonyl (C=O) groups is 2. The molecule has 0 aliphatic rings. The minimum Gasteiger partial charge on any atom is -0.480 e. The third-order valence-electron chi connectivity index (χ3n) is 3.20. The highest BCUT2D eigenvalue weighted by molar-refractivity contribution is 5.89. The average Bonchev–Trinajstić information content (AvgIpc) is 2.80. The van der Waals surface area contributed by atoms with E-state index in [0.717, 1.165) is 22.1 Å². The maximum atomic E-state index is 12.0. The molecule has 1 atom stereocenters. The molecule has 0 spiro atoms. The summed E-state index contributed by atoms with van der Waals surface area (Å²) < 4.78 is 5.42. The molecule has 0 aliphatic heterocycles. The molecule has 1 unspecified atom stereocenters. The van der Waals surface area contributed by atoms with Crippen LogP contribution in [0.5, 0.6) is 0 Å². The van der Waals surface area contributed by atoms with Crippen molar-refractivity contribution in [2.45, 2.75) is 25.8 Å². The third kappa shape index (κ3) is 3.51. The highest BCUT2D eigenvalue weighted by Gasteiger charge is 2.19. The van der Waals surface area contributed by atoms with Crippen molar-refractivity contribution in [2.24, 2.45) is 0 Å². The molecule has 5 heteroatoms. The minimum absolute atomic E-state index is 0.0803. The monoisotopic (exact) mass is 287 g/mol. The lowest BCUT2D eigenvalue weighted by Gasteiger charge is -2.12. The summed E-state index contributed by atoms with van der Waals surface area (Å²) >= 11 is 0. The number of fused-ring (bicyclic) bond motifs is 1. The lowest BCUT2D eigenvalue weighted by Crippen LogP contribution is -2.41. The molecular formula is C16H17NO4. The van der Waals surface area contributed by atoms with Crippen LogP contribution in [0.1, 0.15) is 17.5 Å². The van der Waals surface area contributed by atoms with Crippen LogP contribution in [-0.2, 0) is 16.0 Å². The Morgan fingerprint density at radius 3 is 2.90 bits per heavy atom. The minimum atomic E-state index is -1.07. The van der Waals surface area contributed by atoms with Crippen molar-refractivity contribution in [3.05, 3.63) is 48.2 Å². The van der Waals surface area contributed by atoms with Crippen LogP contribution in [0, 0.1) is 6.92 Å². The quantitative estimate of drug-likeness (QED) is 0.800. The number of carbonyl (C=O) groups excluding carboxylic acids is 1. The first-order chi connectivity index (χ1) is 10.0. The summed E-state index contributed by atoms with van der Waals surface area (Å²) in [5, 5.41) is 12.3. The van der Waals surface area contributed by atoms with Gasteiger partial charge in [0.15, 0.2) is 0 Å². The molecule has 0 aliphatic carbocycles. The molecule has 0 fully saturated rings. The Labute approximate surface area is 122 Å². The molecule has 1 aromatic heterocycles. The van der Waals surface area contributed by atoms with E-state index in [1.807, 2.05) is 25.1 Å². The van der Waals surface area contributed by atoms with Crippen LogP contribution in [0.25, 0.3) is 11.0 Å². The third-order valence-corrected chi connectivity index (χ3v) is 3.20. The van der Waals surface area contributed by atoms with E-state index in [4.69, 9.17) is 9.52 Å². The largest absolute Gasteiger partial charge is 0.480 e. The van der Waals surface area contributed by atoms with Gasteiger partial charge < -0.3 is 14.8 Å². The van der Waals surface area contributed by atoms with Crippen molar-refractivity contribution in [3.8, 4) is 0 Å². The number of carboxylic acids is 1. The molecule has 1 heterocycles. The lowest BCUT2D eigenvalue weighted by atomic mass is 10.1. The highest BCUT2D eigenvalue weighted by atomic mass is 16.4. The Morgan fingerprint density at radius 1 is 1.48 bits per heavy atom. The van der Waals surface area contributed by atoms with Gasteiger partial charge in [-0.05, 0) is 25.0 Å². The van der Waals surface area contributed by atoms with E-state index in [0.29, 0.717) is 0 Å². The Bertz CT molecular complexity index is 687. The van der Waals surface area contributed by atoms with E-state index in [-0.39, 0.29) is 18.7 Å². The van der Waals surface area contributed by atoms with Crippen LogP contribution in [0.3, 0.4) is 0 Å². The normalized spacial score (nSPS) is 12.0. The molecule has 2 aromatic rings. The van der Waals surface area contributed by atoms with Gasteiger partial charge in [0, 0.05) is 10.9 Å². The van der Waals surface area contributed by atoms with Gasteiger partial charge in [-0.25, -0.2) is 4.79 Å². The van der Waals surface area contributed by atoms with Gasteiger partial charge in [-0.3, -0.25) is 4.79 Å². The standard InChI is InChI=1S/C16H17NO4/c1-3-4-13(16(19)20)17-15(18)8-11-9-21-14-7-10(2)5-6-12(11)14/h3,5-7,9,13H,1,4,8H2,2H3,(H,17,18)(H,19,20). The van der Waals surface area contributed by atoms with E-state index in [9.17, 15) is 9.59 Å². The van der Waals surface area contributed by atoms with Gasteiger partial charge in [-0.1, -0.05) is 18.2 Å². The zero-order valence-electron chi connectivity index (χ0n) is 11.8. The zero-order chi connectivity index (χ0) is 15.4. The Kier molecular flexibility index (Phi) is 4.42. The summed E-state index contributed by atoms with van der Waals surface area (Å²) in [4.78, 5) is 23.0. The predicted octanol–water partition coefficient (Wildman–Crippen LogP) is 2.43. The maximum Gasteiger partial charge on any atom is 0.326 e. The number of amides is 1. The number of aryl methyl sites for hydroxylation is 1.